The summed E-state index contributed by atoms with van der Waals surface area (Å²) in [5, 5.41) is 26.3. The van der Waals surface area contributed by atoms with Crippen molar-refractivity contribution < 1.29 is 14.6 Å². The van der Waals surface area contributed by atoms with Gasteiger partial charge < -0.3 is 15.2 Å². The molecule has 4 rings (SSSR count). The molecule has 0 aliphatic carbocycles. The maximum absolute atomic E-state index is 11.6. The van der Waals surface area contributed by atoms with Gasteiger partial charge >= 0.3 is 5.97 Å². The molecule has 0 aliphatic heterocycles. The lowest BCUT2D eigenvalue weighted by molar-refractivity contribution is 0.0696. The fraction of sp³-hybridized carbons (Fsp3) is 0.0455. The number of aryl methyl sites for hydroxylation is 1. The van der Waals surface area contributed by atoms with Crippen LogP contribution in [0.3, 0.4) is 0 Å². The Morgan fingerprint density at radius 2 is 1.83 bits per heavy atom. The summed E-state index contributed by atoms with van der Waals surface area (Å²) in [7, 11) is 0. The average molecular weight is 419 g/mol. The number of nitriles is 1. The number of fused-ring (bicyclic) bond motifs is 1. The molecule has 8 heteroatoms. The summed E-state index contributed by atoms with van der Waals surface area (Å²) in [5.74, 6) is 0.220. The average Bonchev–Trinajstić information content (AvgIpc) is 3.01. The van der Waals surface area contributed by atoms with E-state index < -0.39 is 5.97 Å². The Balaban J connectivity index is 1.72. The zero-order valence-electron chi connectivity index (χ0n) is 15.8. The number of nitrogens with zero attached hydrogens (tertiary/aromatic N) is 3. The fourth-order valence-electron chi connectivity index (χ4n) is 3.18. The quantitative estimate of drug-likeness (QED) is 0.450. The SMILES string of the molecule is Cc1c(C(=O)O)c(Cl)n2ncc(C#N)c(Nc3ccc(Oc4ccccc4)cc3)c12. The van der Waals surface area contributed by atoms with Crippen LogP contribution in [-0.2, 0) is 0 Å². The van der Waals surface area contributed by atoms with E-state index in [-0.39, 0.29) is 16.3 Å². The number of nitrogens with one attached hydrogen (secondary N) is 1. The van der Waals surface area contributed by atoms with E-state index in [1.165, 1.54) is 10.7 Å². The Morgan fingerprint density at radius 1 is 1.17 bits per heavy atom. The van der Waals surface area contributed by atoms with Crippen molar-refractivity contribution in [3.05, 3.63) is 82.6 Å². The molecular formula is C22H15ClN4O3. The van der Waals surface area contributed by atoms with Crippen LogP contribution < -0.4 is 10.1 Å². The van der Waals surface area contributed by atoms with Crippen LogP contribution >= 0.6 is 11.6 Å². The minimum Gasteiger partial charge on any atom is -0.478 e. The Bertz CT molecular complexity index is 1290. The van der Waals surface area contributed by atoms with E-state index in [9.17, 15) is 15.2 Å². The molecular weight excluding hydrogens is 404 g/mol. The maximum atomic E-state index is 11.6. The van der Waals surface area contributed by atoms with E-state index in [2.05, 4.69) is 16.5 Å². The third-order valence-electron chi connectivity index (χ3n) is 4.58. The largest absolute Gasteiger partial charge is 0.478 e. The summed E-state index contributed by atoms with van der Waals surface area (Å²) >= 11 is 6.22. The number of benzene rings is 2. The minimum atomic E-state index is -1.16. The van der Waals surface area contributed by atoms with Crippen molar-refractivity contribution in [2.45, 2.75) is 6.92 Å². The van der Waals surface area contributed by atoms with Crippen molar-refractivity contribution in [3.63, 3.8) is 0 Å². The Labute approximate surface area is 176 Å². The lowest BCUT2D eigenvalue weighted by Crippen LogP contribution is -2.01. The molecule has 0 bridgehead atoms. The lowest BCUT2D eigenvalue weighted by Gasteiger charge is -2.12. The van der Waals surface area contributed by atoms with Gasteiger partial charge in [0.1, 0.15) is 28.3 Å². The third kappa shape index (κ3) is 3.41. The number of ether oxygens (including phenoxy) is 1. The Hall–Kier alpha value is -4.02. The zero-order valence-corrected chi connectivity index (χ0v) is 16.5. The highest BCUT2D eigenvalue weighted by atomic mass is 35.5. The predicted molar refractivity (Wildman–Crippen MR) is 113 cm³/mol. The van der Waals surface area contributed by atoms with E-state index >= 15 is 0 Å². The number of carboxylic acid groups (broad SMARTS) is 1. The standard InChI is InChI=1S/C22H15ClN4O3/c1-13-18(22(28)29)21(23)27-20(13)19(14(11-24)12-25-27)26-15-7-9-17(10-8-15)30-16-5-3-2-4-6-16/h2-10,12,26H,1H3,(H,28,29). The van der Waals surface area contributed by atoms with Gasteiger partial charge in [-0.1, -0.05) is 29.8 Å². The molecule has 4 aromatic rings. The van der Waals surface area contributed by atoms with Gasteiger partial charge in [-0.3, -0.25) is 0 Å². The summed E-state index contributed by atoms with van der Waals surface area (Å²) in [6, 6.07) is 18.7. The van der Waals surface area contributed by atoms with Crippen molar-refractivity contribution in [2.75, 3.05) is 5.32 Å². The molecule has 0 saturated carbocycles. The fourth-order valence-corrected chi connectivity index (χ4v) is 3.53. The minimum absolute atomic E-state index is 0.0193. The van der Waals surface area contributed by atoms with Crippen LogP contribution in [0.25, 0.3) is 5.52 Å². The normalized spacial score (nSPS) is 10.6. The molecule has 7 nitrogen and oxygen atoms in total. The highest BCUT2D eigenvalue weighted by molar-refractivity contribution is 6.33. The first-order valence-corrected chi connectivity index (χ1v) is 9.30. The summed E-state index contributed by atoms with van der Waals surface area (Å²) in [6.07, 6.45) is 1.35. The van der Waals surface area contributed by atoms with Crippen molar-refractivity contribution >= 4 is 34.5 Å². The topological polar surface area (TPSA) is 99.6 Å². The third-order valence-corrected chi connectivity index (χ3v) is 4.93. The smallest absolute Gasteiger partial charge is 0.339 e. The molecule has 148 valence electrons. The molecule has 0 amide bonds. The second-order valence-corrected chi connectivity index (χ2v) is 6.82. The second kappa shape index (κ2) is 7.78. The molecule has 30 heavy (non-hydrogen) atoms. The van der Waals surface area contributed by atoms with Crippen LogP contribution in [0.2, 0.25) is 5.15 Å². The van der Waals surface area contributed by atoms with Gasteiger partial charge in [0.2, 0.25) is 0 Å². The molecule has 0 spiro atoms. The first-order chi connectivity index (χ1) is 14.5. The summed E-state index contributed by atoms with van der Waals surface area (Å²) in [4.78, 5) is 11.6. The highest BCUT2D eigenvalue weighted by Gasteiger charge is 2.24. The van der Waals surface area contributed by atoms with Gasteiger partial charge in [-0.15, -0.1) is 0 Å². The first kappa shape index (κ1) is 19.3. The molecule has 0 atom stereocenters. The monoisotopic (exact) mass is 418 g/mol. The van der Waals surface area contributed by atoms with Crippen LogP contribution in [0.4, 0.5) is 11.4 Å². The molecule has 0 radical (unpaired) electrons. The molecule has 0 unspecified atom stereocenters. The number of halogens is 1. The van der Waals surface area contributed by atoms with Crippen molar-refractivity contribution in [2.24, 2.45) is 0 Å². The number of hydrogen-bond acceptors (Lipinski definition) is 5. The summed E-state index contributed by atoms with van der Waals surface area (Å²) < 4.78 is 7.10. The number of aromatic nitrogens is 2. The van der Waals surface area contributed by atoms with E-state index in [1.807, 2.05) is 30.3 Å². The van der Waals surface area contributed by atoms with E-state index in [1.54, 1.807) is 31.2 Å². The number of anilines is 2. The van der Waals surface area contributed by atoms with Gasteiger partial charge in [0.05, 0.1) is 23.0 Å². The van der Waals surface area contributed by atoms with Crippen molar-refractivity contribution in [3.8, 4) is 17.6 Å². The molecule has 2 aromatic carbocycles. The number of hydrogen-bond donors (Lipinski definition) is 2. The number of carboxylic acids is 1. The number of para-hydroxylation sites is 1. The van der Waals surface area contributed by atoms with Crippen molar-refractivity contribution in [1.82, 2.24) is 9.61 Å². The van der Waals surface area contributed by atoms with Gasteiger partial charge in [-0.25, -0.2) is 9.31 Å². The molecule has 2 N–H and O–H groups in total. The van der Waals surface area contributed by atoms with Gasteiger partial charge in [0.25, 0.3) is 0 Å². The predicted octanol–water partition coefficient (Wildman–Crippen LogP) is 5.40. The Morgan fingerprint density at radius 3 is 2.47 bits per heavy atom. The molecule has 0 aliphatic rings. The Kier molecular flexibility index (Phi) is 5.00. The first-order valence-electron chi connectivity index (χ1n) is 8.92. The number of aromatic carboxylic acids is 1. The van der Waals surface area contributed by atoms with E-state index in [4.69, 9.17) is 16.3 Å². The van der Waals surface area contributed by atoms with Crippen LogP contribution in [0.1, 0.15) is 21.5 Å². The number of carbonyl (C=O) groups is 1. The van der Waals surface area contributed by atoms with Crippen LogP contribution in [0.5, 0.6) is 11.5 Å². The molecule has 0 saturated heterocycles. The van der Waals surface area contributed by atoms with Gasteiger partial charge in [-0.05, 0) is 48.9 Å². The van der Waals surface area contributed by atoms with Gasteiger partial charge in [-0.2, -0.15) is 10.4 Å². The zero-order chi connectivity index (χ0) is 21.3. The lowest BCUT2D eigenvalue weighted by atomic mass is 10.1. The molecule has 2 heterocycles. The van der Waals surface area contributed by atoms with E-state index in [0.717, 1.165) is 5.75 Å². The molecule has 0 fully saturated rings. The van der Waals surface area contributed by atoms with Crippen LogP contribution in [-0.4, -0.2) is 20.7 Å². The van der Waals surface area contributed by atoms with Crippen LogP contribution in [0.15, 0.2) is 60.8 Å². The van der Waals surface area contributed by atoms with E-state index in [0.29, 0.717) is 28.2 Å². The van der Waals surface area contributed by atoms with Crippen molar-refractivity contribution in [1.29, 1.82) is 5.26 Å². The van der Waals surface area contributed by atoms with Gasteiger partial charge in [0.15, 0.2) is 0 Å². The van der Waals surface area contributed by atoms with Gasteiger partial charge in [0, 0.05) is 5.69 Å². The summed E-state index contributed by atoms with van der Waals surface area (Å²) in [6.45, 7) is 1.63. The molecule has 2 aromatic heterocycles. The summed E-state index contributed by atoms with van der Waals surface area (Å²) in [5.41, 5.74) is 2.18. The maximum Gasteiger partial charge on any atom is 0.339 e. The highest BCUT2D eigenvalue weighted by Crippen LogP contribution is 2.35. The number of rotatable bonds is 5. The second-order valence-electron chi connectivity index (χ2n) is 6.47. The van der Waals surface area contributed by atoms with Crippen LogP contribution in [0, 0.1) is 18.3 Å².